The molecule has 17 unspecified atom stereocenters. The predicted molar refractivity (Wildman–Crippen MR) is 421 cm³/mol. The van der Waals surface area contributed by atoms with E-state index >= 15 is 0 Å². The van der Waals surface area contributed by atoms with Gasteiger partial charge in [0.25, 0.3) is 0 Å². The molecule has 0 radical (unpaired) electrons. The van der Waals surface area contributed by atoms with Gasteiger partial charge in [0.05, 0.1) is 67.5 Å². The monoisotopic (exact) mass is 1690 g/mol. The van der Waals surface area contributed by atoms with Gasteiger partial charge in [-0.2, -0.15) is 4.31 Å². The van der Waals surface area contributed by atoms with Crippen molar-refractivity contribution in [1.82, 2.24) is 55.1 Å². The van der Waals surface area contributed by atoms with Crippen LogP contribution in [0.4, 0.5) is 5.82 Å². The van der Waals surface area contributed by atoms with Crippen molar-refractivity contribution in [3.63, 3.8) is 0 Å². The Morgan fingerprint density at radius 2 is 1.51 bits per heavy atom. The van der Waals surface area contributed by atoms with Crippen LogP contribution in [0.1, 0.15) is 159 Å². The Morgan fingerprint density at radius 1 is 0.842 bits per heavy atom. The van der Waals surface area contributed by atoms with Gasteiger partial charge in [0, 0.05) is 96.3 Å². The fourth-order valence-electron chi connectivity index (χ4n) is 14.3. The van der Waals surface area contributed by atoms with E-state index in [1.807, 2.05) is 83.6 Å². The topological polar surface area (TPSA) is 510 Å². The number of thioether (sulfide) groups is 1. The number of benzene rings is 1. The molecule has 37 nitrogen and oxygen atoms in total. The molecule has 11 N–H and O–H groups in total. The summed E-state index contributed by atoms with van der Waals surface area (Å²) in [5.41, 5.74) is 5.37. The number of carbonyl (C=O) groups excluding carboxylic acids is 9. The minimum atomic E-state index is -5.60. The van der Waals surface area contributed by atoms with Crippen LogP contribution in [0.25, 0.3) is 11.2 Å². The first-order valence-electron chi connectivity index (χ1n) is 38.3. The normalized spacial score (nSPS) is 21.6. The van der Waals surface area contributed by atoms with Crippen molar-refractivity contribution in [2.45, 2.75) is 225 Å². The highest BCUT2D eigenvalue weighted by Gasteiger charge is 2.51. The number of ether oxygens (including phenoxy) is 3. The van der Waals surface area contributed by atoms with Gasteiger partial charge < -0.3 is 80.3 Å². The molecule has 0 saturated carbocycles. The molecule has 3 aliphatic heterocycles. The predicted octanol–water partition coefficient (Wildman–Crippen LogP) is 4.89. The van der Waals surface area contributed by atoms with E-state index in [1.54, 1.807) is 26.2 Å². The number of likely N-dealkylation sites (tertiary alicyclic amines) is 2. The third kappa shape index (κ3) is 29.2. The number of amides is 7. The number of carbonyl (C=O) groups is 9. The number of aliphatic hydroxyl groups excluding tert-OH is 2. The molecule has 1 aromatic carbocycles. The number of nitrogens with one attached hydrogen (secondary N) is 3. The van der Waals surface area contributed by atoms with Crippen molar-refractivity contribution in [2.75, 3.05) is 86.2 Å². The van der Waals surface area contributed by atoms with Gasteiger partial charge in [-0.1, -0.05) is 105 Å². The van der Waals surface area contributed by atoms with E-state index in [9.17, 15) is 86.6 Å². The van der Waals surface area contributed by atoms with Crippen LogP contribution in [-0.2, 0) is 95.4 Å². The maximum absolute atomic E-state index is 14.3. The second kappa shape index (κ2) is 45.2. The van der Waals surface area contributed by atoms with Crippen molar-refractivity contribution >= 4 is 105 Å². The summed E-state index contributed by atoms with van der Waals surface area (Å²) in [5, 5.41) is 29.1. The van der Waals surface area contributed by atoms with Crippen molar-refractivity contribution in [3.8, 4) is 0 Å². The minimum absolute atomic E-state index is 0.0210. The zero-order valence-electron chi connectivity index (χ0n) is 68.1. The fraction of sp³-hybridized carbons (Fsp3) is 0.726. The zero-order valence-corrected chi connectivity index (χ0v) is 71.6. The lowest BCUT2D eigenvalue weighted by atomic mass is 9.83. The number of fused-ring (bicyclic) bond motifs is 1. The molecule has 3 saturated heterocycles. The van der Waals surface area contributed by atoms with E-state index in [2.05, 4.69) is 65.7 Å². The SMILES string of the molecule is CC(=O)CCCCCN1C(=O)CC(SCCNC(=O)CCNC(=O)C(O)C(C)(C)COP(=O)(O)OP(=O)(O)OCC2OC(n3cnc4c(N)ncnc43)C(O)C2OP(=O)(O)O)C1=O.CCC(C)C(C(CC(=O)N1CCCC1C(OC)C(C)C(=O)NC(C)Cc1ccccc1)OC)N(C)C(=O)C(CC(=O)C(C(C)C)N(C)C)C(C)C. The number of imide groups is 1. The molecule has 2 aromatic heterocycles. The number of nitrogens with zero attached hydrogens (tertiary/aromatic N) is 8. The lowest BCUT2D eigenvalue weighted by molar-refractivity contribution is -0.149. The molecular weight excluding hydrogens is 1570 g/mol. The maximum Gasteiger partial charge on any atom is 0.481 e. The molecule has 114 heavy (non-hydrogen) atoms. The lowest BCUT2D eigenvalue weighted by Gasteiger charge is -2.41. The molecule has 0 bridgehead atoms. The van der Waals surface area contributed by atoms with Crippen molar-refractivity contribution in [1.29, 1.82) is 0 Å². The van der Waals surface area contributed by atoms with E-state index in [0.29, 0.717) is 38.0 Å². The Morgan fingerprint density at radius 3 is 2.11 bits per heavy atom. The molecule has 3 aliphatic rings. The number of unbranched alkanes of at least 4 members (excludes halogenated alkanes) is 2. The number of ketones is 2. The number of anilines is 1. The number of Topliss-reactive ketones (excluding diaryl/α,β-unsaturated/α-hetero) is 2. The Hall–Kier alpha value is -6.12. The van der Waals surface area contributed by atoms with Crippen LogP contribution in [0, 0.1) is 35.0 Å². The number of phosphoric acid groups is 3. The molecule has 644 valence electrons. The molecule has 3 fully saturated rings. The van der Waals surface area contributed by atoms with Crippen LogP contribution in [0.5, 0.6) is 0 Å². The van der Waals surface area contributed by atoms with Gasteiger partial charge in [-0.3, -0.25) is 66.3 Å². The summed E-state index contributed by atoms with van der Waals surface area (Å²) in [6.07, 6.45) is -2.29. The van der Waals surface area contributed by atoms with Gasteiger partial charge >= 0.3 is 23.5 Å². The molecule has 7 amide bonds. The summed E-state index contributed by atoms with van der Waals surface area (Å²) in [5.74, 6) is -2.75. The van der Waals surface area contributed by atoms with Gasteiger partial charge in [-0.15, -0.1) is 11.8 Å². The van der Waals surface area contributed by atoms with Gasteiger partial charge in [0.1, 0.15) is 42.0 Å². The van der Waals surface area contributed by atoms with Crippen LogP contribution in [0.2, 0.25) is 0 Å². The molecule has 0 spiro atoms. The first kappa shape index (κ1) is 98.5. The number of rotatable bonds is 47. The summed E-state index contributed by atoms with van der Waals surface area (Å²) in [7, 11) is -7.65. The maximum atomic E-state index is 14.3. The van der Waals surface area contributed by atoms with Crippen LogP contribution in [0.3, 0.4) is 0 Å². The van der Waals surface area contributed by atoms with Gasteiger partial charge in [-0.05, 0) is 83.4 Å². The highest BCUT2D eigenvalue weighted by molar-refractivity contribution is 8.00. The number of methoxy groups -OCH3 is 2. The largest absolute Gasteiger partial charge is 0.481 e. The van der Waals surface area contributed by atoms with Crippen molar-refractivity contribution < 1.29 is 119 Å². The summed E-state index contributed by atoms with van der Waals surface area (Å²) >= 11 is 1.22. The Labute approximate surface area is 671 Å². The van der Waals surface area contributed by atoms with Gasteiger partial charge in [-0.25, -0.2) is 28.6 Å². The van der Waals surface area contributed by atoms with Crippen molar-refractivity contribution in [3.05, 3.63) is 48.5 Å². The third-order valence-corrected chi connectivity index (χ3v) is 24.8. The molecular formula is C73H121N12O25P3S. The number of likely N-dealkylation sites (N-methyl/N-ethyl adjacent to an activating group) is 2. The van der Waals surface area contributed by atoms with Crippen LogP contribution >= 0.6 is 35.2 Å². The van der Waals surface area contributed by atoms with E-state index < -0.39 is 114 Å². The van der Waals surface area contributed by atoms with Crippen LogP contribution < -0.4 is 21.7 Å². The highest BCUT2D eigenvalue weighted by Crippen LogP contribution is 2.61. The molecule has 5 heterocycles. The van der Waals surface area contributed by atoms with E-state index in [1.165, 1.54) is 37.4 Å². The van der Waals surface area contributed by atoms with Crippen LogP contribution in [-0.4, -0.2) is 268 Å². The summed E-state index contributed by atoms with van der Waals surface area (Å²) in [6.45, 7) is 18.8. The number of hydrogen-bond donors (Lipinski definition) is 10. The minimum Gasteiger partial charge on any atom is -0.386 e. The molecule has 3 aromatic rings. The Bertz CT molecular complexity index is 3830. The average Bonchev–Trinajstić information content (AvgIpc) is 1.61. The number of nitrogen functional groups attached to an aromatic ring is 1. The zero-order chi connectivity index (χ0) is 85.5. The number of aromatic nitrogens is 4. The van der Waals surface area contributed by atoms with E-state index in [-0.39, 0.29) is 145 Å². The second-order valence-electron chi connectivity index (χ2n) is 30.9. The fourth-order valence-corrected chi connectivity index (χ4v) is 18.2. The first-order valence-corrected chi connectivity index (χ1v) is 43.9. The first-order chi connectivity index (χ1) is 53.3. The summed E-state index contributed by atoms with van der Waals surface area (Å²) in [6, 6.07) is 9.11. The number of phosphoric ester groups is 3. The molecule has 6 rings (SSSR count). The smallest absolute Gasteiger partial charge is 0.386 e. The number of aliphatic hydroxyl groups is 2. The molecule has 17 atom stereocenters. The second-order valence-corrected chi connectivity index (χ2v) is 36.4. The standard InChI is InChI=1S/C41H70N4O6.C32H51N8O19P3S/c1-14-28(6)38(44(11)41(49)32(26(2)3)24-34(46)37(27(4)5)43(9)10)35(50-12)25-36(47)45-22-18-21-33(45)39(51-13)30(8)40(48)42-29(7)23-31-19-16-15-17-20-31;1-18(41)7-5-4-6-11-39-22(43)13-20(30(39)47)63-12-10-34-21(42)8-9-35-29(46)26(45)32(2,3)15-56-62(53,54)59-61(51,52)55-14-19-25(58-60(48,49)50)24(44)31(57-19)40-17-38-23-27(33)36-16-37-28(23)40/h15-17,19-20,26-30,32-33,35,37-39H,14,18,21-25H2,1-13H3,(H,42,48);16-17,19-20,24-26,31,44-45H,4-15H2,1-3H3,(H,34,42)(H,35,46)(H,51,52)(H,53,54)(H2,33,36,37)(H2,48,49,50). The number of nitrogens with two attached hydrogens (primary N) is 1. The van der Waals surface area contributed by atoms with Gasteiger partial charge in [0.2, 0.25) is 41.4 Å². The van der Waals surface area contributed by atoms with Crippen molar-refractivity contribution in [2.24, 2.45) is 35.0 Å². The van der Waals surface area contributed by atoms with E-state index in [4.69, 9.17) is 29.0 Å². The quantitative estimate of drug-likeness (QED) is 0.0204. The Balaban J connectivity index is 0.000000417. The summed E-state index contributed by atoms with van der Waals surface area (Å²) < 4.78 is 74.3. The average molecular weight is 1690 g/mol. The molecule has 0 aliphatic carbocycles. The van der Waals surface area contributed by atoms with E-state index in [0.717, 1.165) is 48.5 Å². The summed E-state index contributed by atoms with van der Waals surface area (Å²) in [4.78, 5) is 174. The van der Waals surface area contributed by atoms with Gasteiger partial charge in [0.15, 0.2) is 23.5 Å². The Kier molecular flexibility index (Phi) is 39.0. The number of imidazole rings is 1. The highest BCUT2D eigenvalue weighted by atomic mass is 32.2. The molecule has 41 heteroatoms. The number of hydrogen-bond acceptors (Lipinski definition) is 27. The third-order valence-electron chi connectivity index (χ3n) is 20.5. The van der Waals surface area contributed by atoms with Crippen LogP contribution in [0.15, 0.2) is 43.0 Å². The lowest BCUT2D eigenvalue weighted by Crippen LogP contribution is -2.54.